The van der Waals surface area contributed by atoms with Crippen LogP contribution in [0.4, 0.5) is 4.39 Å². The molecule has 2 aromatic rings. The lowest BCUT2D eigenvalue weighted by Crippen LogP contribution is -2.36. The summed E-state index contributed by atoms with van der Waals surface area (Å²) < 4.78 is 18.8. The van der Waals surface area contributed by atoms with E-state index in [1.807, 2.05) is 0 Å². The van der Waals surface area contributed by atoms with Crippen molar-refractivity contribution in [3.8, 4) is 0 Å². The molecule has 1 aliphatic heterocycles. The van der Waals surface area contributed by atoms with Gasteiger partial charge in [0.25, 0.3) is 5.91 Å². The highest BCUT2D eigenvalue weighted by Gasteiger charge is 2.40. The summed E-state index contributed by atoms with van der Waals surface area (Å²) in [5.74, 6) is -1.39. The SMILES string of the molecule is COCCCNC(=O)C1CN(C(=O)c2ccc(Cl)cc2)CC1c1cccc(F)c1. The van der Waals surface area contributed by atoms with E-state index in [4.69, 9.17) is 16.3 Å². The van der Waals surface area contributed by atoms with Crippen LogP contribution in [0.25, 0.3) is 0 Å². The van der Waals surface area contributed by atoms with Crippen molar-refractivity contribution in [1.29, 1.82) is 0 Å². The molecule has 0 aliphatic carbocycles. The Balaban J connectivity index is 1.78. The fourth-order valence-corrected chi connectivity index (χ4v) is 3.77. The molecule has 1 fully saturated rings. The van der Waals surface area contributed by atoms with Crippen LogP contribution >= 0.6 is 11.6 Å². The number of carbonyl (C=O) groups is 2. The van der Waals surface area contributed by atoms with Crippen LogP contribution in [0.5, 0.6) is 0 Å². The van der Waals surface area contributed by atoms with Crippen LogP contribution in [-0.2, 0) is 9.53 Å². The Labute approximate surface area is 174 Å². The molecule has 0 radical (unpaired) electrons. The molecule has 7 heteroatoms. The average Bonchev–Trinajstić information content (AvgIpc) is 3.17. The molecule has 2 amide bonds. The molecule has 3 rings (SSSR count). The van der Waals surface area contributed by atoms with Gasteiger partial charge in [0.05, 0.1) is 5.92 Å². The number of rotatable bonds is 7. The molecule has 1 heterocycles. The van der Waals surface area contributed by atoms with Gasteiger partial charge in [-0.3, -0.25) is 9.59 Å². The first kappa shape index (κ1) is 21.3. The minimum atomic E-state index is -0.449. The number of benzene rings is 2. The monoisotopic (exact) mass is 418 g/mol. The van der Waals surface area contributed by atoms with Crippen molar-refractivity contribution >= 4 is 23.4 Å². The number of nitrogens with one attached hydrogen (secondary N) is 1. The lowest BCUT2D eigenvalue weighted by molar-refractivity contribution is -0.124. The number of hydrogen-bond acceptors (Lipinski definition) is 3. The van der Waals surface area contributed by atoms with Gasteiger partial charge in [-0.1, -0.05) is 23.7 Å². The number of hydrogen-bond donors (Lipinski definition) is 1. The van der Waals surface area contributed by atoms with Crippen LogP contribution < -0.4 is 5.32 Å². The van der Waals surface area contributed by atoms with Gasteiger partial charge in [-0.05, 0) is 48.4 Å². The molecule has 2 unspecified atom stereocenters. The van der Waals surface area contributed by atoms with Gasteiger partial charge in [-0.2, -0.15) is 0 Å². The molecular formula is C22H24ClFN2O3. The highest BCUT2D eigenvalue weighted by Crippen LogP contribution is 2.34. The minimum Gasteiger partial charge on any atom is -0.385 e. The van der Waals surface area contributed by atoms with Gasteiger partial charge in [0, 0.05) is 49.9 Å². The molecule has 2 atom stereocenters. The smallest absolute Gasteiger partial charge is 0.253 e. The number of ether oxygens (including phenoxy) is 1. The Hall–Kier alpha value is -2.44. The number of halogens is 2. The van der Waals surface area contributed by atoms with Crippen molar-refractivity contribution in [1.82, 2.24) is 10.2 Å². The maximum atomic E-state index is 13.8. The quantitative estimate of drug-likeness (QED) is 0.700. The summed E-state index contributed by atoms with van der Waals surface area (Å²) in [6, 6.07) is 12.9. The third kappa shape index (κ3) is 5.34. The molecule has 0 aromatic heterocycles. The number of methoxy groups -OCH3 is 1. The van der Waals surface area contributed by atoms with E-state index in [0.29, 0.717) is 42.3 Å². The van der Waals surface area contributed by atoms with Gasteiger partial charge < -0.3 is 15.0 Å². The summed E-state index contributed by atoms with van der Waals surface area (Å²) in [6.07, 6.45) is 0.701. The lowest BCUT2D eigenvalue weighted by atomic mass is 9.88. The van der Waals surface area contributed by atoms with Crippen LogP contribution in [-0.4, -0.2) is 50.1 Å². The van der Waals surface area contributed by atoms with E-state index in [2.05, 4.69) is 5.32 Å². The van der Waals surface area contributed by atoms with Crippen LogP contribution in [0.15, 0.2) is 48.5 Å². The van der Waals surface area contributed by atoms with E-state index in [1.54, 1.807) is 48.4 Å². The minimum absolute atomic E-state index is 0.137. The van der Waals surface area contributed by atoms with Gasteiger partial charge in [0.1, 0.15) is 5.82 Å². The highest BCUT2D eigenvalue weighted by atomic mass is 35.5. The Morgan fingerprint density at radius 2 is 1.97 bits per heavy atom. The molecule has 5 nitrogen and oxygen atoms in total. The molecular weight excluding hydrogens is 395 g/mol. The summed E-state index contributed by atoms with van der Waals surface area (Å²) >= 11 is 5.91. The zero-order valence-corrected chi connectivity index (χ0v) is 17.0. The number of carbonyl (C=O) groups excluding carboxylic acids is 2. The van der Waals surface area contributed by atoms with Gasteiger partial charge in [-0.25, -0.2) is 4.39 Å². The number of amides is 2. The normalized spacial score (nSPS) is 18.7. The molecule has 1 aliphatic rings. The second kappa shape index (κ2) is 9.85. The largest absolute Gasteiger partial charge is 0.385 e. The zero-order chi connectivity index (χ0) is 20.8. The molecule has 29 heavy (non-hydrogen) atoms. The third-order valence-electron chi connectivity index (χ3n) is 5.14. The van der Waals surface area contributed by atoms with E-state index in [0.717, 1.165) is 0 Å². The van der Waals surface area contributed by atoms with Crippen molar-refractivity contribution in [2.45, 2.75) is 12.3 Å². The van der Waals surface area contributed by atoms with E-state index in [9.17, 15) is 14.0 Å². The summed E-state index contributed by atoms with van der Waals surface area (Å²) in [5.41, 5.74) is 1.22. The number of nitrogens with zero attached hydrogens (tertiary/aromatic N) is 1. The maximum Gasteiger partial charge on any atom is 0.253 e. The van der Waals surface area contributed by atoms with Crippen molar-refractivity contribution < 1.29 is 18.7 Å². The van der Waals surface area contributed by atoms with Crippen molar-refractivity contribution in [2.75, 3.05) is 33.4 Å². The fraction of sp³-hybridized carbons (Fsp3) is 0.364. The van der Waals surface area contributed by atoms with E-state index >= 15 is 0 Å². The van der Waals surface area contributed by atoms with Crippen LogP contribution in [0.1, 0.15) is 28.3 Å². The molecule has 154 valence electrons. The molecule has 2 aromatic carbocycles. The molecule has 0 spiro atoms. The van der Waals surface area contributed by atoms with Crippen LogP contribution in [0.3, 0.4) is 0 Å². The van der Waals surface area contributed by atoms with Crippen molar-refractivity contribution in [2.24, 2.45) is 5.92 Å². The molecule has 0 bridgehead atoms. The average molecular weight is 419 g/mol. The summed E-state index contributed by atoms with van der Waals surface area (Å²) in [4.78, 5) is 27.4. The van der Waals surface area contributed by atoms with E-state index < -0.39 is 5.92 Å². The Morgan fingerprint density at radius 1 is 1.21 bits per heavy atom. The predicted octanol–water partition coefficient (Wildman–Crippen LogP) is 3.49. The topological polar surface area (TPSA) is 58.6 Å². The Bertz CT molecular complexity index is 859. The van der Waals surface area contributed by atoms with E-state index in [-0.39, 0.29) is 30.1 Å². The van der Waals surface area contributed by atoms with Gasteiger partial charge in [-0.15, -0.1) is 0 Å². The van der Waals surface area contributed by atoms with Crippen molar-refractivity contribution in [3.63, 3.8) is 0 Å². The Kier molecular flexibility index (Phi) is 7.23. The van der Waals surface area contributed by atoms with E-state index in [1.165, 1.54) is 12.1 Å². The number of likely N-dealkylation sites (tertiary alicyclic amines) is 1. The first-order valence-electron chi connectivity index (χ1n) is 9.56. The van der Waals surface area contributed by atoms with Gasteiger partial charge in [0.2, 0.25) is 5.91 Å². The zero-order valence-electron chi connectivity index (χ0n) is 16.2. The summed E-state index contributed by atoms with van der Waals surface area (Å²) in [5, 5.41) is 3.46. The third-order valence-corrected chi connectivity index (χ3v) is 5.39. The molecule has 1 saturated heterocycles. The predicted molar refractivity (Wildman–Crippen MR) is 109 cm³/mol. The summed E-state index contributed by atoms with van der Waals surface area (Å²) in [6.45, 7) is 1.67. The van der Waals surface area contributed by atoms with Crippen molar-refractivity contribution in [3.05, 3.63) is 70.5 Å². The second-order valence-electron chi connectivity index (χ2n) is 7.12. The standard InChI is InChI=1S/C22H24ClFN2O3/c1-29-11-3-10-25-21(27)20-14-26(22(28)15-6-8-17(23)9-7-15)13-19(20)16-4-2-5-18(24)12-16/h2,4-9,12,19-20H,3,10-11,13-14H2,1H3,(H,25,27). The maximum absolute atomic E-state index is 13.8. The van der Waals surface area contributed by atoms with Gasteiger partial charge >= 0.3 is 0 Å². The summed E-state index contributed by atoms with van der Waals surface area (Å²) in [7, 11) is 1.61. The molecule has 1 N–H and O–H groups in total. The lowest BCUT2D eigenvalue weighted by Gasteiger charge is -2.18. The molecule has 0 saturated carbocycles. The first-order valence-corrected chi connectivity index (χ1v) is 9.94. The van der Waals surface area contributed by atoms with Gasteiger partial charge in [0.15, 0.2) is 0 Å². The second-order valence-corrected chi connectivity index (χ2v) is 7.56. The Morgan fingerprint density at radius 3 is 2.66 bits per heavy atom. The first-order chi connectivity index (χ1) is 14.0. The van der Waals surface area contributed by atoms with Crippen LogP contribution in [0, 0.1) is 11.7 Å². The fourth-order valence-electron chi connectivity index (χ4n) is 3.64. The van der Waals surface area contributed by atoms with Crippen LogP contribution in [0.2, 0.25) is 5.02 Å². The highest BCUT2D eigenvalue weighted by molar-refractivity contribution is 6.30.